The number of nitrogens with one attached hydrogen (secondary N) is 1. The lowest BCUT2D eigenvalue weighted by atomic mass is 10.1. The average molecular weight is 367 g/mol. The Labute approximate surface area is 156 Å². The molecule has 6 heteroatoms. The molecular weight excluding hydrogens is 334 g/mol. The smallest absolute Gasteiger partial charge is 0.220 e. The lowest BCUT2D eigenvalue weighted by molar-refractivity contribution is -0.168. The Balaban J connectivity index is 2.41. The number of ether oxygens (including phenoxy) is 3. The highest BCUT2D eigenvalue weighted by Crippen LogP contribution is 2.10. The van der Waals surface area contributed by atoms with Crippen molar-refractivity contribution < 1.29 is 24.1 Å². The van der Waals surface area contributed by atoms with Gasteiger partial charge in [0.15, 0.2) is 6.29 Å². The van der Waals surface area contributed by atoms with Gasteiger partial charge in [0.1, 0.15) is 18.5 Å². The molecule has 0 saturated carbocycles. The van der Waals surface area contributed by atoms with Crippen LogP contribution in [-0.2, 0) is 14.3 Å². The number of rotatable bonds is 13. The second-order valence-electron chi connectivity index (χ2n) is 6.96. The maximum atomic E-state index is 11.9. The van der Waals surface area contributed by atoms with Crippen molar-refractivity contribution in [1.82, 2.24) is 5.32 Å². The summed E-state index contributed by atoms with van der Waals surface area (Å²) >= 11 is 0. The molecule has 0 spiro atoms. The second-order valence-corrected chi connectivity index (χ2v) is 6.96. The standard InChI is InChI=1S/C20H33NO5/c1-15(2)10-11-19(22)21-12-18(13-24-16(3)4)26-20(23)14-25-17-8-6-5-7-9-17/h5-9,15-16,18,20,23H,10-14H2,1-4H3,(H,21,22). The van der Waals surface area contributed by atoms with Crippen LogP contribution in [0.15, 0.2) is 30.3 Å². The number of amides is 1. The first-order chi connectivity index (χ1) is 12.4. The SMILES string of the molecule is CC(C)CCC(=O)NCC(COC(C)C)OC(O)COc1ccccc1. The van der Waals surface area contributed by atoms with Crippen LogP contribution < -0.4 is 10.1 Å². The minimum atomic E-state index is -1.11. The Hall–Kier alpha value is -1.63. The van der Waals surface area contributed by atoms with E-state index in [9.17, 15) is 9.90 Å². The number of aliphatic hydroxyl groups excluding tert-OH is 1. The van der Waals surface area contributed by atoms with Crippen molar-refractivity contribution in [1.29, 1.82) is 0 Å². The summed E-state index contributed by atoms with van der Waals surface area (Å²) in [7, 11) is 0. The number of carbonyl (C=O) groups is 1. The topological polar surface area (TPSA) is 77.0 Å². The Morgan fingerprint density at radius 3 is 2.42 bits per heavy atom. The van der Waals surface area contributed by atoms with Crippen LogP contribution in [0.5, 0.6) is 5.75 Å². The summed E-state index contributed by atoms with van der Waals surface area (Å²) in [5, 5.41) is 12.9. The van der Waals surface area contributed by atoms with E-state index < -0.39 is 12.4 Å². The van der Waals surface area contributed by atoms with Crippen molar-refractivity contribution in [3.05, 3.63) is 30.3 Å². The molecule has 1 rings (SSSR count). The van der Waals surface area contributed by atoms with Crippen LogP contribution in [0.1, 0.15) is 40.5 Å². The third-order valence-electron chi connectivity index (χ3n) is 3.58. The highest BCUT2D eigenvalue weighted by molar-refractivity contribution is 5.75. The predicted octanol–water partition coefficient (Wildman–Crippen LogP) is 2.75. The first-order valence-corrected chi connectivity index (χ1v) is 9.26. The van der Waals surface area contributed by atoms with E-state index >= 15 is 0 Å². The highest BCUT2D eigenvalue weighted by atomic mass is 16.6. The van der Waals surface area contributed by atoms with Crippen molar-refractivity contribution >= 4 is 5.91 Å². The molecular formula is C20H33NO5. The molecule has 148 valence electrons. The summed E-state index contributed by atoms with van der Waals surface area (Å²) in [4.78, 5) is 11.9. The molecule has 1 amide bonds. The number of benzene rings is 1. The molecule has 0 bridgehead atoms. The average Bonchev–Trinajstić information content (AvgIpc) is 2.61. The third kappa shape index (κ3) is 11.1. The van der Waals surface area contributed by atoms with Crippen molar-refractivity contribution in [2.45, 2.75) is 59.0 Å². The molecule has 1 aromatic carbocycles. The number of carbonyl (C=O) groups excluding carboxylic acids is 1. The van der Waals surface area contributed by atoms with Crippen molar-refractivity contribution in [3.8, 4) is 5.75 Å². The quantitative estimate of drug-likeness (QED) is 0.524. The van der Waals surface area contributed by atoms with E-state index in [1.165, 1.54) is 0 Å². The molecule has 6 nitrogen and oxygen atoms in total. The lowest BCUT2D eigenvalue weighted by Crippen LogP contribution is -2.40. The summed E-state index contributed by atoms with van der Waals surface area (Å²) in [6.45, 7) is 8.58. The molecule has 0 fully saturated rings. The molecule has 0 aliphatic heterocycles. The van der Waals surface area contributed by atoms with Gasteiger partial charge in [0.2, 0.25) is 5.91 Å². The fraction of sp³-hybridized carbons (Fsp3) is 0.650. The Morgan fingerprint density at radius 1 is 1.12 bits per heavy atom. The van der Waals surface area contributed by atoms with Crippen LogP contribution in [-0.4, -0.2) is 49.3 Å². The summed E-state index contributed by atoms with van der Waals surface area (Å²) < 4.78 is 16.6. The van der Waals surface area contributed by atoms with Crippen molar-refractivity contribution in [2.75, 3.05) is 19.8 Å². The monoisotopic (exact) mass is 367 g/mol. The van der Waals surface area contributed by atoms with Gasteiger partial charge in [-0.1, -0.05) is 32.0 Å². The summed E-state index contributed by atoms with van der Waals surface area (Å²) in [6, 6.07) is 9.21. The van der Waals surface area contributed by atoms with Crippen LogP contribution in [0, 0.1) is 5.92 Å². The van der Waals surface area contributed by atoms with Gasteiger partial charge in [-0.05, 0) is 38.3 Å². The van der Waals surface area contributed by atoms with Gasteiger partial charge in [0.25, 0.3) is 0 Å². The third-order valence-corrected chi connectivity index (χ3v) is 3.58. The summed E-state index contributed by atoms with van der Waals surface area (Å²) in [5.41, 5.74) is 0. The Morgan fingerprint density at radius 2 is 1.81 bits per heavy atom. The van der Waals surface area contributed by atoms with Crippen LogP contribution >= 0.6 is 0 Å². The van der Waals surface area contributed by atoms with E-state index in [2.05, 4.69) is 19.2 Å². The van der Waals surface area contributed by atoms with E-state index in [0.29, 0.717) is 18.1 Å². The fourth-order valence-electron chi connectivity index (χ4n) is 2.13. The minimum Gasteiger partial charge on any atom is -0.488 e. The maximum absolute atomic E-state index is 11.9. The fourth-order valence-corrected chi connectivity index (χ4v) is 2.13. The van der Waals surface area contributed by atoms with Gasteiger partial charge in [-0.25, -0.2) is 0 Å². The Bertz CT molecular complexity index is 492. The maximum Gasteiger partial charge on any atom is 0.220 e. The molecule has 26 heavy (non-hydrogen) atoms. The zero-order valence-corrected chi connectivity index (χ0v) is 16.3. The first-order valence-electron chi connectivity index (χ1n) is 9.26. The number of para-hydroxylation sites is 1. The van der Waals surface area contributed by atoms with E-state index in [1.54, 1.807) is 12.1 Å². The summed E-state index contributed by atoms with van der Waals surface area (Å²) in [6.07, 6.45) is -0.198. The molecule has 1 aromatic rings. The van der Waals surface area contributed by atoms with Crippen LogP contribution in [0.4, 0.5) is 0 Å². The Kier molecular flexibility index (Phi) is 10.9. The molecule has 0 saturated heterocycles. The predicted molar refractivity (Wildman–Crippen MR) is 101 cm³/mol. The molecule has 0 radical (unpaired) electrons. The normalized spacial score (nSPS) is 13.7. The molecule has 0 aliphatic carbocycles. The van der Waals surface area contributed by atoms with Gasteiger partial charge in [-0.2, -0.15) is 0 Å². The highest BCUT2D eigenvalue weighted by Gasteiger charge is 2.17. The van der Waals surface area contributed by atoms with Gasteiger partial charge in [0, 0.05) is 13.0 Å². The molecule has 2 atom stereocenters. The number of aliphatic hydroxyl groups is 1. The molecule has 0 aliphatic rings. The number of hydrogen-bond acceptors (Lipinski definition) is 5. The van der Waals surface area contributed by atoms with Gasteiger partial charge < -0.3 is 24.6 Å². The summed E-state index contributed by atoms with van der Waals surface area (Å²) in [5.74, 6) is 1.12. The number of hydrogen-bond donors (Lipinski definition) is 2. The molecule has 0 heterocycles. The van der Waals surface area contributed by atoms with Crippen molar-refractivity contribution in [2.24, 2.45) is 5.92 Å². The van der Waals surface area contributed by atoms with Crippen LogP contribution in [0.25, 0.3) is 0 Å². The van der Waals surface area contributed by atoms with E-state index in [-0.39, 0.29) is 31.8 Å². The second kappa shape index (κ2) is 12.7. The lowest BCUT2D eigenvalue weighted by Gasteiger charge is -2.23. The van der Waals surface area contributed by atoms with E-state index in [4.69, 9.17) is 14.2 Å². The van der Waals surface area contributed by atoms with Gasteiger partial charge >= 0.3 is 0 Å². The zero-order valence-electron chi connectivity index (χ0n) is 16.3. The van der Waals surface area contributed by atoms with E-state index in [1.807, 2.05) is 32.0 Å². The molecule has 0 aromatic heterocycles. The van der Waals surface area contributed by atoms with Gasteiger partial charge in [-0.15, -0.1) is 0 Å². The zero-order chi connectivity index (χ0) is 19.4. The largest absolute Gasteiger partial charge is 0.488 e. The van der Waals surface area contributed by atoms with Crippen LogP contribution in [0.2, 0.25) is 0 Å². The van der Waals surface area contributed by atoms with E-state index in [0.717, 1.165) is 6.42 Å². The van der Waals surface area contributed by atoms with Crippen molar-refractivity contribution in [3.63, 3.8) is 0 Å². The van der Waals surface area contributed by atoms with Gasteiger partial charge in [0.05, 0.1) is 12.7 Å². The minimum absolute atomic E-state index is 0.00346. The molecule has 2 unspecified atom stereocenters. The van der Waals surface area contributed by atoms with Gasteiger partial charge in [-0.3, -0.25) is 4.79 Å². The van der Waals surface area contributed by atoms with Crippen LogP contribution in [0.3, 0.4) is 0 Å². The molecule has 2 N–H and O–H groups in total. The first kappa shape index (κ1) is 22.4.